The van der Waals surface area contributed by atoms with Gasteiger partial charge in [0.15, 0.2) is 5.11 Å². The van der Waals surface area contributed by atoms with Crippen LogP contribution < -0.4 is 5.32 Å². The summed E-state index contributed by atoms with van der Waals surface area (Å²) in [7, 11) is 0. The normalized spacial score (nSPS) is 15.2. The highest BCUT2D eigenvalue weighted by Gasteiger charge is 2.34. The zero-order chi connectivity index (χ0) is 21.6. The van der Waals surface area contributed by atoms with E-state index in [0.29, 0.717) is 32.1 Å². The fourth-order valence-corrected chi connectivity index (χ4v) is 3.65. The molecule has 164 valence electrons. The van der Waals surface area contributed by atoms with Crippen LogP contribution in [0.5, 0.6) is 0 Å². The van der Waals surface area contributed by atoms with E-state index in [1.54, 1.807) is 18.4 Å². The smallest absolute Gasteiger partial charge is 0.418 e. The quantitative estimate of drug-likeness (QED) is 0.593. The molecule has 0 spiro atoms. The average molecular weight is 462 g/mol. The largest absolute Gasteiger partial charge is 0.467 e. The van der Waals surface area contributed by atoms with Crippen LogP contribution in [0.2, 0.25) is 5.02 Å². The summed E-state index contributed by atoms with van der Waals surface area (Å²) in [6, 6.07) is 7.15. The SMILES string of the molecule is FC(F)(F)c1cc(Cl)ccc1NC(=S)N(CCCN1CCOCC1)Cc1ccco1. The van der Waals surface area contributed by atoms with Gasteiger partial charge in [0.2, 0.25) is 0 Å². The van der Waals surface area contributed by atoms with Gasteiger partial charge in [-0.1, -0.05) is 11.6 Å². The first-order valence-corrected chi connectivity index (χ1v) is 10.4. The molecule has 0 bridgehead atoms. The van der Waals surface area contributed by atoms with Crippen molar-refractivity contribution in [3.05, 3.63) is 52.9 Å². The molecule has 1 aliphatic rings. The van der Waals surface area contributed by atoms with Crippen molar-refractivity contribution in [1.82, 2.24) is 9.80 Å². The molecular weight excluding hydrogens is 439 g/mol. The number of benzene rings is 1. The summed E-state index contributed by atoms with van der Waals surface area (Å²) in [5.41, 5.74) is -0.988. The number of rotatable bonds is 7. The maximum atomic E-state index is 13.4. The minimum Gasteiger partial charge on any atom is -0.467 e. The first-order chi connectivity index (χ1) is 14.3. The van der Waals surface area contributed by atoms with Crippen molar-refractivity contribution < 1.29 is 22.3 Å². The molecule has 10 heteroatoms. The van der Waals surface area contributed by atoms with E-state index in [1.165, 1.54) is 12.1 Å². The van der Waals surface area contributed by atoms with Gasteiger partial charge in [0.1, 0.15) is 5.76 Å². The Labute approximate surface area is 183 Å². The molecule has 0 unspecified atom stereocenters. The van der Waals surface area contributed by atoms with Crippen LogP contribution in [0.25, 0.3) is 0 Å². The van der Waals surface area contributed by atoms with Crippen LogP contribution in [0.3, 0.4) is 0 Å². The lowest BCUT2D eigenvalue weighted by Crippen LogP contribution is -2.40. The minimum absolute atomic E-state index is 0.0109. The number of hydrogen-bond donors (Lipinski definition) is 1. The summed E-state index contributed by atoms with van der Waals surface area (Å²) in [5, 5.41) is 2.96. The second-order valence-electron chi connectivity index (χ2n) is 6.93. The second-order valence-corrected chi connectivity index (χ2v) is 7.75. The molecule has 1 saturated heterocycles. The number of nitrogens with one attached hydrogen (secondary N) is 1. The highest BCUT2D eigenvalue weighted by molar-refractivity contribution is 7.80. The number of nitrogens with zero attached hydrogens (tertiary/aromatic N) is 2. The molecule has 1 aromatic carbocycles. The Morgan fingerprint density at radius 1 is 1.23 bits per heavy atom. The third-order valence-electron chi connectivity index (χ3n) is 4.75. The predicted molar refractivity (Wildman–Crippen MR) is 114 cm³/mol. The van der Waals surface area contributed by atoms with E-state index in [4.69, 9.17) is 33.0 Å². The van der Waals surface area contributed by atoms with Crippen LogP contribution in [0, 0.1) is 0 Å². The molecule has 1 aliphatic heterocycles. The number of hydrogen-bond acceptors (Lipinski definition) is 4. The summed E-state index contributed by atoms with van der Waals surface area (Å²) in [6.45, 7) is 4.96. The van der Waals surface area contributed by atoms with Gasteiger partial charge in [-0.15, -0.1) is 0 Å². The van der Waals surface area contributed by atoms with Gasteiger partial charge in [0.25, 0.3) is 0 Å². The Balaban J connectivity index is 1.68. The van der Waals surface area contributed by atoms with E-state index in [9.17, 15) is 13.2 Å². The first kappa shape index (κ1) is 22.9. The Bertz CT molecular complexity index is 827. The van der Waals surface area contributed by atoms with Crippen molar-refractivity contribution >= 4 is 34.6 Å². The number of ether oxygens (including phenoxy) is 1. The van der Waals surface area contributed by atoms with E-state index in [2.05, 4.69) is 10.2 Å². The predicted octanol–water partition coefficient (Wildman–Crippen LogP) is 4.87. The van der Waals surface area contributed by atoms with Crippen molar-refractivity contribution in [3.63, 3.8) is 0 Å². The third-order valence-corrected chi connectivity index (χ3v) is 5.34. The highest BCUT2D eigenvalue weighted by atomic mass is 35.5. The lowest BCUT2D eigenvalue weighted by atomic mass is 10.1. The topological polar surface area (TPSA) is 40.9 Å². The highest BCUT2D eigenvalue weighted by Crippen LogP contribution is 2.36. The molecule has 0 amide bonds. The van der Waals surface area contributed by atoms with E-state index in [-0.39, 0.29) is 15.8 Å². The third kappa shape index (κ3) is 6.60. The van der Waals surface area contributed by atoms with E-state index in [0.717, 1.165) is 32.1 Å². The van der Waals surface area contributed by atoms with Crippen LogP contribution >= 0.6 is 23.8 Å². The fraction of sp³-hybridized carbons (Fsp3) is 0.450. The maximum absolute atomic E-state index is 13.4. The van der Waals surface area contributed by atoms with Gasteiger partial charge in [-0.2, -0.15) is 13.2 Å². The summed E-state index contributed by atoms with van der Waals surface area (Å²) in [6.07, 6.45) is -2.20. The average Bonchev–Trinajstić information content (AvgIpc) is 3.22. The molecule has 0 saturated carbocycles. The summed E-state index contributed by atoms with van der Waals surface area (Å²) in [4.78, 5) is 4.11. The molecule has 1 aromatic heterocycles. The zero-order valence-electron chi connectivity index (χ0n) is 16.3. The van der Waals surface area contributed by atoms with Gasteiger partial charge in [0.05, 0.1) is 37.3 Å². The molecule has 0 radical (unpaired) electrons. The molecule has 30 heavy (non-hydrogen) atoms. The molecule has 3 rings (SSSR count). The van der Waals surface area contributed by atoms with Crippen molar-refractivity contribution in [3.8, 4) is 0 Å². The standard InChI is InChI=1S/C20H23ClF3N3O2S/c21-15-4-5-18(17(13-15)20(22,23)24)25-19(30)27(14-16-3-1-10-29-16)7-2-6-26-8-11-28-12-9-26/h1,3-5,10,13H,2,6-9,11-12,14H2,(H,25,30). The lowest BCUT2D eigenvalue weighted by molar-refractivity contribution is -0.136. The van der Waals surface area contributed by atoms with Crippen molar-refractivity contribution in [2.24, 2.45) is 0 Å². The monoisotopic (exact) mass is 461 g/mol. The van der Waals surface area contributed by atoms with Crippen LogP contribution in [0.15, 0.2) is 41.0 Å². The summed E-state index contributed by atoms with van der Waals surface area (Å²) < 4.78 is 51.0. The summed E-state index contributed by atoms with van der Waals surface area (Å²) >= 11 is 11.2. The van der Waals surface area contributed by atoms with Crippen LogP contribution in [-0.2, 0) is 17.5 Å². The zero-order valence-corrected chi connectivity index (χ0v) is 17.8. The molecule has 2 heterocycles. The van der Waals surface area contributed by atoms with E-state index < -0.39 is 11.7 Å². The van der Waals surface area contributed by atoms with Gasteiger partial charge in [-0.3, -0.25) is 4.90 Å². The van der Waals surface area contributed by atoms with Crippen LogP contribution in [-0.4, -0.2) is 54.3 Å². The van der Waals surface area contributed by atoms with Crippen molar-refractivity contribution in [1.29, 1.82) is 0 Å². The van der Waals surface area contributed by atoms with E-state index in [1.807, 2.05) is 4.90 Å². The molecule has 1 fully saturated rings. The van der Waals surface area contributed by atoms with Gasteiger partial charge in [0, 0.05) is 31.2 Å². The van der Waals surface area contributed by atoms with Crippen molar-refractivity contribution in [2.75, 3.05) is 44.7 Å². The molecule has 0 aliphatic carbocycles. The Kier molecular flexibility index (Phi) is 7.99. The fourth-order valence-electron chi connectivity index (χ4n) is 3.21. The van der Waals surface area contributed by atoms with Gasteiger partial charge >= 0.3 is 6.18 Å². The number of furan rings is 1. The lowest BCUT2D eigenvalue weighted by Gasteiger charge is -2.29. The Morgan fingerprint density at radius 3 is 2.67 bits per heavy atom. The van der Waals surface area contributed by atoms with E-state index >= 15 is 0 Å². The number of anilines is 1. The summed E-state index contributed by atoms with van der Waals surface area (Å²) in [5.74, 6) is 0.678. The van der Waals surface area contributed by atoms with Gasteiger partial charge in [-0.25, -0.2) is 0 Å². The Hall–Kier alpha value is -1.81. The number of morpholine rings is 1. The maximum Gasteiger partial charge on any atom is 0.418 e. The van der Waals surface area contributed by atoms with Gasteiger partial charge in [-0.05, 0) is 49.0 Å². The number of thiocarbonyl (C=S) groups is 1. The molecule has 1 N–H and O–H groups in total. The molecular formula is C20H23ClF3N3O2S. The Morgan fingerprint density at radius 2 is 2.00 bits per heavy atom. The van der Waals surface area contributed by atoms with Crippen molar-refractivity contribution in [2.45, 2.75) is 19.1 Å². The molecule has 0 atom stereocenters. The van der Waals surface area contributed by atoms with Crippen LogP contribution in [0.1, 0.15) is 17.7 Å². The second kappa shape index (κ2) is 10.5. The molecule has 5 nitrogen and oxygen atoms in total. The van der Waals surface area contributed by atoms with Crippen LogP contribution in [0.4, 0.5) is 18.9 Å². The first-order valence-electron chi connectivity index (χ1n) is 9.58. The molecule has 2 aromatic rings. The minimum atomic E-state index is -4.55. The number of halogens is 4. The van der Waals surface area contributed by atoms with Gasteiger partial charge < -0.3 is 19.4 Å². The number of alkyl halides is 3.